The molecule has 1 fully saturated rings. The van der Waals surface area contributed by atoms with Crippen molar-refractivity contribution < 1.29 is 14.4 Å². The molecule has 0 radical (unpaired) electrons. The van der Waals surface area contributed by atoms with Crippen molar-refractivity contribution in [3.05, 3.63) is 113 Å². The molecule has 3 aromatic carbocycles. The molecule has 5 aromatic rings. The van der Waals surface area contributed by atoms with Gasteiger partial charge in [-0.1, -0.05) is 65.1 Å². The SMILES string of the molecule is O=C(Nc1ccc2[nH]c(C(=O)N3CCC4(I)C3=CC(=O)c3ccccc34)cc2c1)c1cc2ccccc2[nH]1. The van der Waals surface area contributed by atoms with Gasteiger partial charge in [-0.15, -0.1) is 0 Å². The van der Waals surface area contributed by atoms with Crippen LogP contribution in [-0.2, 0) is 3.42 Å². The third-order valence-corrected chi connectivity index (χ3v) is 9.07. The fourth-order valence-corrected chi connectivity index (χ4v) is 6.67. The first-order valence-electron chi connectivity index (χ1n) is 12.3. The number of para-hydroxylation sites is 1. The zero-order chi connectivity index (χ0) is 26.0. The summed E-state index contributed by atoms with van der Waals surface area (Å²) < 4.78 is -0.413. The number of rotatable bonds is 3. The fraction of sp³-hybridized carbons (Fsp3) is 0.100. The zero-order valence-corrected chi connectivity index (χ0v) is 22.2. The number of nitrogens with zero attached hydrogens (tertiary/aromatic N) is 1. The second kappa shape index (κ2) is 8.42. The van der Waals surface area contributed by atoms with Gasteiger partial charge in [0.15, 0.2) is 5.78 Å². The van der Waals surface area contributed by atoms with Gasteiger partial charge in [0, 0.05) is 51.4 Å². The van der Waals surface area contributed by atoms with Gasteiger partial charge in [-0.05, 0) is 48.4 Å². The molecule has 0 saturated carbocycles. The number of H-pyrrole nitrogens is 2. The molecule has 1 atom stereocenters. The summed E-state index contributed by atoms with van der Waals surface area (Å²) in [6.07, 6.45) is 2.35. The van der Waals surface area contributed by atoms with Gasteiger partial charge in [0.2, 0.25) is 0 Å². The van der Waals surface area contributed by atoms with Crippen molar-refractivity contribution in [2.24, 2.45) is 0 Å². The van der Waals surface area contributed by atoms with Crippen LogP contribution in [0.3, 0.4) is 0 Å². The van der Waals surface area contributed by atoms with Gasteiger partial charge in [-0.25, -0.2) is 0 Å². The number of ketones is 1. The smallest absolute Gasteiger partial charge is 0.274 e. The van der Waals surface area contributed by atoms with E-state index in [9.17, 15) is 14.4 Å². The van der Waals surface area contributed by atoms with Crippen LogP contribution < -0.4 is 5.32 Å². The summed E-state index contributed by atoms with van der Waals surface area (Å²) in [5.74, 6) is -0.492. The number of fused-ring (bicyclic) bond motifs is 5. The molecule has 0 spiro atoms. The quantitative estimate of drug-likeness (QED) is 0.168. The van der Waals surface area contributed by atoms with E-state index in [1.807, 2.05) is 66.7 Å². The predicted octanol–water partition coefficient (Wildman–Crippen LogP) is 6.16. The largest absolute Gasteiger partial charge is 0.351 e. The summed E-state index contributed by atoms with van der Waals surface area (Å²) in [5.41, 5.74) is 5.63. The molecular formula is C30H21IN4O3. The van der Waals surface area contributed by atoms with E-state index in [1.54, 1.807) is 23.1 Å². The second-order valence-corrected chi connectivity index (χ2v) is 11.5. The number of aromatic amines is 2. The van der Waals surface area contributed by atoms with Crippen molar-refractivity contribution in [1.29, 1.82) is 0 Å². The Morgan fingerprint density at radius 1 is 0.868 bits per heavy atom. The van der Waals surface area contributed by atoms with Crippen LogP contribution in [-0.4, -0.2) is 39.0 Å². The molecule has 1 aliphatic heterocycles. The van der Waals surface area contributed by atoms with Crippen molar-refractivity contribution in [3.63, 3.8) is 0 Å². The molecule has 2 aromatic heterocycles. The van der Waals surface area contributed by atoms with Gasteiger partial charge < -0.3 is 20.2 Å². The number of carbonyl (C=O) groups is 3. The predicted molar refractivity (Wildman–Crippen MR) is 155 cm³/mol. The summed E-state index contributed by atoms with van der Waals surface area (Å²) in [5, 5.41) is 4.71. The molecule has 3 heterocycles. The maximum Gasteiger partial charge on any atom is 0.274 e. The van der Waals surface area contributed by atoms with Crippen LogP contribution in [0.15, 0.2) is 90.6 Å². The number of carbonyl (C=O) groups excluding carboxylic acids is 3. The average Bonchev–Trinajstić information content (AvgIpc) is 3.64. The number of amides is 2. The molecule has 186 valence electrons. The number of allylic oxidation sites excluding steroid dienone is 2. The normalized spacial score (nSPS) is 18.4. The van der Waals surface area contributed by atoms with E-state index in [-0.39, 0.29) is 17.6 Å². The Hall–Kier alpha value is -4.18. The summed E-state index contributed by atoms with van der Waals surface area (Å²) >= 11 is 2.38. The Balaban J connectivity index is 1.15. The Bertz CT molecular complexity index is 1820. The highest BCUT2D eigenvalue weighted by molar-refractivity contribution is 14.1. The van der Waals surface area contributed by atoms with Crippen molar-refractivity contribution in [1.82, 2.24) is 14.9 Å². The van der Waals surface area contributed by atoms with Gasteiger partial charge >= 0.3 is 0 Å². The maximum atomic E-state index is 13.6. The molecule has 3 N–H and O–H groups in total. The summed E-state index contributed by atoms with van der Waals surface area (Å²) in [7, 11) is 0. The van der Waals surface area contributed by atoms with Crippen LogP contribution in [0.4, 0.5) is 5.69 Å². The van der Waals surface area contributed by atoms with Gasteiger partial charge in [-0.2, -0.15) is 0 Å². The number of anilines is 1. The first-order valence-corrected chi connectivity index (χ1v) is 13.4. The van der Waals surface area contributed by atoms with Crippen LogP contribution in [0, 0.1) is 0 Å². The minimum atomic E-state index is -0.413. The molecule has 1 saturated heterocycles. The molecule has 7 rings (SSSR count). The number of aromatic nitrogens is 2. The van der Waals surface area contributed by atoms with Crippen LogP contribution >= 0.6 is 22.6 Å². The zero-order valence-electron chi connectivity index (χ0n) is 20.0. The number of alkyl halides is 1. The number of hydrogen-bond donors (Lipinski definition) is 3. The van der Waals surface area contributed by atoms with Gasteiger partial charge in [0.05, 0.1) is 3.42 Å². The van der Waals surface area contributed by atoms with E-state index in [1.165, 1.54) is 0 Å². The lowest BCUT2D eigenvalue weighted by Gasteiger charge is -2.31. The highest BCUT2D eigenvalue weighted by Gasteiger charge is 2.48. The number of benzene rings is 3. The van der Waals surface area contributed by atoms with E-state index in [4.69, 9.17) is 0 Å². The van der Waals surface area contributed by atoms with E-state index < -0.39 is 3.42 Å². The molecule has 1 unspecified atom stereocenters. The summed E-state index contributed by atoms with van der Waals surface area (Å²) in [6.45, 7) is 0.524. The highest BCUT2D eigenvalue weighted by Crippen LogP contribution is 2.52. The van der Waals surface area contributed by atoms with Crippen molar-refractivity contribution in [2.45, 2.75) is 9.84 Å². The Morgan fingerprint density at radius 3 is 2.47 bits per heavy atom. The first-order chi connectivity index (χ1) is 18.4. The van der Waals surface area contributed by atoms with Crippen molar-refractivity contribution in [3.8, 4) is 0 Å². The summed E-state index contributed by atoms with van der Waals surface area (Å²) in [4.78, 5) is 47.4. The van der Waals surface area contributed by atoms with E-state index in [0.29, 0.717) is 29.2 Å². The minimum Gasteiger partial charge on any atom is -0.351 e. The topological polar surface area (TPSA) is 98.1 Å². The molecular weight excluding hydrogens is 591 g/mol. The lowest BCUT2D eigenvalue weighted by molar-refractivity contribution is 0.0818. The van der Waals surface area contributed by atoms with E-state index in [2.05, 4.69) is 37.9 Å². The van der Waals surface area contributed by atoms with Gasteiger partial charge in [0.1, 0.15) is 11.4 Å². The van der Waals surface area contributed by atoms with Gasteiger partial charge in [-0.3, -0.25) is 14.4 Å². The third kappa shape index (κ3) is 3.51. The number of hydrogen-bond acceptors (Lipinski definition) is 3. The molecule has 7 nitrogen and oxygen atoms in total. The van der Waals surface area contributed by atoms with Crippen LogP contribution in [0.5, 0.6) is 0 Å². The van der Waals surface area contributed by atoms with Crippen molar-refractivity contribution >= 4 is 67.7 Å². The first kappa shape index (κ1) is 23.0. The molecule has 0 bridgehead atoms. The molecule has 2 aliphatic rings. The van der Waals surface area contributed by atoms with E-state index in [0.717, 1.165) is 39.5 Å². The van der Waals surface area contributed by atoms with Crippen LogP contribution in [0.2, 0.25) is 0 Å². The average molecular weight is 612 g/mol. The third-order valence-electron chi connectivity index (χ3n) is 7.39. The van der Waals surface area contributed by atoms with Crippen molar-refractivity contribution in [2.75, 3.05) is 11.9 Å². The van der Waals surface area contributed by atoms with Crippen LogP contribution in [0.25, 0.3) is 21.8 Å². The standard InChI is InChI=1S/C30H21IN4O3/c31-30-11-12-35(27(30)16-26(36)20-6-2-3-7-21(20)30)29(38)25-15-18-13-19(9-10-23(18)34-25)32-28(37)24-14-17-5-1-4-8-22(17)33-24/h1-10,13-16,33-34H,11-12H2,(H,32,37). The molecule has 38 heavy (non-hydrogen) atoms. The van der Waals surface area contributed by atoms with E-state index >= 15 is 0 Å². The monoisotopic (exact) mass is 612 g/mol. The Kier molecular flexibility index (Phi) is 5.09. The van der Waals surface area contributed by atoms with Crippen LogP contribution in [0.1, 0.15) is 43.3 Å². The number of likely N-dealkylation sites (tertiary alicyclic amines) is 1. The second-order valence-electron chi connectivity index (χ2n) is 9.66. The minimum absolute atomic E-state index is 0.0745. The molecule has 2 amide bonds. The van der Waals surface area contributed by atoms with Gasteiger partial charge in [0.25, 0.3) is 11.8 Å². The Labute approximate surface area is 231 Å². The molecule has 8 heteroatoms. The maximum absolute atomic E-state index is 13.6. The summed E-state index contributed by atoms with van der Waals surface area (Å²) in [6, 6.07) is 24.5. The highest BCUT2D eigenvalue weighted by atomic mass is 127. The molecule has 1 aliphatic carbocycles. The lowest BCUT2D eigenvalue weighted by atomic mass is 9.84. The lowest BCUT2D eigenvalue weighted by Crippen LogP contribution is -2.33. The Morgan fingerprint density at radius 2 is 1.61 bits per heavy atom. The number of halogens is 1. The fourth-order valence-electron chi connectivity index (χ4n) is 5.51. The number of nitrogens with one attached hydrogen (secondary N) is 3.